The summed E-state index contributed by atoms with van der Waals surface area (Å²) in [6, 6.07) is 1.76. The average Bonchev–Trinajstić information content (AvgIpc) is 2.60. The normalized spacial score (nSPS) is 10.6. The molecule has 6 heteroatoms. The fourth-order valence-corrected chi connectivity index (χ4v) is 1.36. The fourth-order valence-electron chi connectivity index (χ4n) is 1.19. The lowest BCUT2D eigenvalue weighted by Crippen LogP contribution is -2.01. The van der Waals surface area contributed by atoms with Crippen LogP contribution < -0.4 is 5.73 Å². The molecule has 5 nitrogen and oxygen atoms in total. The van der Waals surface area contributed by atoms with E-state index in [1.54, 1.807) is 12.3 Å². The molecule has 0 aliphatic heterocycles. The maximum Gasteiger partial charge on any atom is 0.181 e. The van der Waals surface area contributed by atoms with Gasteiger partial charge in [-0.25, -0.2) is 9.97 Å². The average molecular weight is 224 g/mol. The van der Waals surface area contributed by atoms with Crippen LogP contribution in [0.3, 0.4) is 0 Å². The molecule has 0 saturated carbocycles. The first-order chi connectivity index (χ1) is 7.22. The van der Waals surface area contributed by atoms with Gasteiger partial charge in [0.1, 0.15) is 5.69 Å². The van der Waals surface area contributed by atoms with Crippen molar-refractivity contribution in [3.05, 3.63) is 28.7 Å². The van der Waals surface area contributed by atoms with Gasteiger partial charge in [0, 0.05) is 12.7 Å². The molecule has 0 fully saturated rings. The molecule has 0 amide bonds. The van der Waals surface area contributed by atoms with E-state index in [2.05, 4.69) is 20.2 Å². The van der Waals surface area contributed by atoms with Crippen molar-refractivity contribution < 1.29 is 0 Å². The number of halogens is 1. The SMILES string of the molecule is Cc1[nH]nc(-c2nccc(CN)n2)c1Cl. The number of rotatable bonds is 2. The molecule has 0 unspecified atom stereocenters. The third-order valence-corrected chi connectivity index (χ3v) is 2.47. The molecule has 0 aliphatic carbocycles. The fraction of sp³-hybridized carbons (Fsp3) is 0.222. The van der Waals surface area contributed by atoms with E-state index in [4.69, 9.17) is 17.3 Å². The van der Waals surface area contributed by atoms with Crippen LogP contribution in [-0.2, 0) is 6.54 Å². The maximum atomic E-state index is 6.03. The van der Waals surface area contributed by atoms with Crippen LogP contribution in [0.4, 0.5) is 0 Å². The number of nitrogens with one attached hydrogen (secondary N) is 1. The summed E-state index contributed by atoms with van der Waals surface area (Å²) in [7, 11) is 0. The van der Waals surface area contributed by atoms with Gasteiger partial charge in [-0.05, 0) is 13.0 Å². The summed E-state index contributed by atoms with van der Waals surface area (Å²) in [5.41, 5.74) is 7.61. The number of hydrogen-bond donors (Lipinski definition) is 2. The van der Waals surface area contributed by atoms with Gasteiger partial charge in [0.15, 0.2) is 5.82 Å². The smallest absolute Gasteiger partial charge is 0.181 e. The van der Waals surface area contributed by atoms with Gasteiger partial charge in [0.25, 0.3) is 0 Å². The summed E-state index contributed by atoms with van der Waals surface area (Å²) in [4.78, 5) is 8.33. The zero-order valence-corrected chi connectivity index (χ0v) is 8.91. The summed E-state index contributed by atoms with van der Waals surface area (Å²) in [6.07, 6.45) is 1.64. The Labute approximate surface area is 91.7 Å². The molecular weight excluding hydrogens is 214 g/mol. The Hall–Kier alpha value is -1.46. The van der Waals surface area contributed by atoms with Crippen molar-refractivity contribution in [2.75, 3.05) is 0 Å². The molecule has 0 aliphatic rings. The summed E-state index contributed by atoms with van der Waals surface area (Å²) < 4.78 is 0. The predicted molar refractivity (Wildman–Crippen MR) is 57.3 cm³/mol. The molecule has 15 heavy (non-hydrogen) atoms. The van der Waals surface area contributed by atoms with Crippen LogP contribution >= 0.6 is 11.6 Å². The second-order valence-corrected chi connectivity index (χ2v) is 3.46. The summed E-state index contributed by atoms with van der Waals surface area (Å²) in [5, 5.41) is 7.36. The van der Waals surface area contributed by atoms with Gasteiger partial charge in [-0.3, -0.25) is 5.10 Å². The van der Waals surface area contributed by atoms with Crippen molar-refractivity contribution in [3.8, 4) is 11.5 Å². The quantitative estimate of drug-likeness (QED) is 0.804. The summed E-state index contributed by atoms with van der Waals surface area (Å²) in [5.74, 6) is 0.493. The van der Waals surface area contributed by atoms with E-state index in [0.717, 1.165) is 11.4 Å². The zero-order chi connectivity index (χ0) is 10.8. The summed E-state index contributed by atoms with van der Waals surface area (Å²) in [6.45, 7) is 2.21. The Bertz CT molecular complexity index is 479. The van der Waals surface area contributed by atoms with E-state index < -0.39 is 0 Å². The minimum absolute atomic E-state index is 0.372. The molecule has 78 valence electrons. The molecule has 3 N–H and O–H groups in total. The minimum atomic E-state index is 0.372. The molecule has 0 spiro atoms. The Morgan fingerprint density at radius 1 is 1.53 bits per heavy atom. The number of hydrogen-bond acceptors (Lipinski definition) is 4. The molecule has 2 heterocycles. The molecule has 0 bridgehead atoms. The van der Waals surface area contributed by atoms with Crippen LogP contribution in [0.2, 0.25) is 5.02 Å². The van der Waals surface area contributed by atoms with Crippen molar-refractivity contribution in [3.63, 3.8) is 0 Å². The molecule has 0 radical (unpaired) electrons. The largest absolute Gasteiger partial charge is 0.325 e. The van der Waals surface area contributed by atoms with E-state index in [1.165, 1.54) is 0 Å². The maximum absolute atomic E-state index is 6.03. The van der Waals surface area contributed by atoms with Crippen molar-refractivity contribution >= 4 is 11.6 Å². The molecule has 2 rings (SSSR count). The Balaban J connectivity index is 2.49. The number of nitrogens with zero attached hydrogens (tertiary/aromatic N) is 3. The first kappa shape index (κ1) is 10.1. The van der Waals surface area contributed by atoms with Gasteiger partial charge < -0.3 is 5.73 Å². The highest BCUT2D eigenvalue weighted by Gasteiger charge is 2.12. The van der Waals surface area contributed by atoms with Crippen LogP contribution in [-0.4, -0.2) is 20.2 Å². The summed E-state index contributed by atoms with van der Waals surface area (Å²) >= 11 is 6.03. The lowest BCUT2D eigenvalue weighted by molar-refractivity contribution is 0.959. The molecule has 0 saturated heterocycles. The highest BCUT2D eigenvalue weighted by Crippen LogP contribution is 2.24. The van der Waals surface area contributed by atoms with Crippen LogP contribution in [0.25, 0.3) is 11.5 Å². The number of aromatic amines is 1. The van der Waals surface area contributed by atoms with Crippen molar-refractivity contribution in [2.45, 2.75) is 13.5 Å². The van der Waals surface area contributed by atoms with E-state index >= 15 is 0 Å². The first-order valence-electron chi connectivity index (χ1n) is 4.45. The van der Waals surface area contributed by atoms with Crippen molar-refractivity contribution in [2.24, 2.45) is 5.73 Å². The number of nitrogens with two attached hydrogens (primary N) is 1. The van der Waals surface area contributed by atoms with Gasteiger partial charge in [0.05, 0.1) is 16.4 Å². The topological polar surface area (TPSA) is 80.5 Å². The monoisotopic (exact) mass is 223 g/mol. The van der Waals surface area contributed by atoms with Crippen LogP contribution in [0.1, 0.15) is 11.4 Å². The Morgan fingerprint density at radius 3 is 2.93 bits per heavy atom. The third-order valence-electron chi connectivity index (χ3n) is 2.01. The molecule has 0 atom stereocenters. The first-order valence-corrected chi connectivity index (χ1v) is 4.83. The number of aryl methyl sites for hydroxylation is 1. The molecule has 2 aromatic rings. The molecular formula is C9H10ClN5. The lowest BCUT2D eigenvalue weighted by atomic mass is 10.3. The van der Waals surface area contributed by atoms with E-state index in [0.29, 0.717) is 23.1 Å². The van der Waals surface area contributed by atoms with Gasteiger partial charge in [-0.1, -0.05) is 11.6 Å². The third kappa shape index (κ3) is 1.84. The Morgan fingerprint density at radius 2 is 2.33 bits per heavy atom. The number of H-pyrrole nitrogens is 1. The van der Waals surface area contributed by atoms with Crippen molar-refractivity contribution in [1.29, 1.82) is 0 Å². The second kappa shape index (κ2) is 3.96. The number of aromatic nitrogens is 4. The molecule has 2 aromatic heterocycles. The van der Waals surface area contributed by atoms with Crippen LogP contribution in [0, 0.1) is 6.92 Å². The van der Waals surface area contributed by atoms with Crippen molar-refractivity contribution in [1.82, 2.24) is 20.2 Å². The second-order valence-electron chi connectivity index (χ2n) is 3.09. The highest BCUT2D eigenvalue weighted by molar-refractivity contribution is 6.33. The lowest BCUT2D eigenvalue weighted by Gasteiger charge is -1.98. The van der Waals surface area contributed by atoms with E-state index in [-0.39, 0.29) is 0 Å². The Kier molecular flexibility index (Phi) is 2.66. The minimum Gasteiger partial charge on any atom is -0.325 e. The van der Waals surface area contributed by atoms with Crippen LogP contribution in [0.5, 0.6) is 0 Å². The van der Waals surface area contributed by atoms with Gasteiger partial charge in [0.2, 0.25) is 0 Å². The predicted octanol–water partition coefficient (Wildman–Crippen LogP) is 1.29. The van der Waals surface area contributed by atoms with Gasteiger partial charge in [-0.15, -0.1) is 0 Å². The van der Waals surface area contributed by atoms with E-state index in [1.807, 2.05) is 6.92 Å². The van der Waals surface area contributed by atoms with Gasteiger partial charge >= 0.3 is 0 Å². The zero-order valence-electron chi connectivity index (χ0n) is 8.16. The highest BCUT2D eigenvalue weighted by atomic mass is 35.5. The molecule has 0 aromatic carbocycles. The van der Waals surface area contributed by atoms with Crippen LogP contribution in [0.15, 0.2) is 12.3 Å². The van der Waals surface area contributed by atoms with E-state index in [9.17, 15) is 0 Å². The standard InChI is InChI=1S/C9H10ClN5/c1-5-7(10)8(15-14-5)9-12-3-2-6(4-11)13-9/h2-3H,4,11H2,1H3,(H,14,15). The van der Waals surface area contributed by atoms with Gasteiger partial charge in [-0.2, -0.15) is 5.10 Å².